The minimum absolute atomic E-state index is 1.02. The molecule has 0 unspecified atom stereocenters. The molecule has 10 aromatic carbocycles. The highest BCUT2D eigenvalue weighted by molar-refractivity contribution is 6.11. The van der Waals surface area contributed by atoms with E-state index in [1.54, 1.807) is 0 Å². The summed E-state index contributed by atoms with van der Waals surface area (Å²) in [7, 11) is 0. The summed E-state index contributed by atoms with van der Waals surface area (Å²) in [5.74, 6) is 0. The number of fused-ring (bicyclic) bond motifs is 15. The van der Waals surface area contributed by atoms with E-state index in [-0.39, 0.29) is 0 Å². The van der Waals surface area contributed by atoms with Crippen LogP contribution in [0.15, 0.2) is 243 Å². The van der Waals surface area contributed by atoms with Gasteiger partial charge in [-0.3, -0.25) is 0 Å². The number of hydrogen-bond donors (Lipinski definition) is 0. The van der Waals surface area contributed by atoms with Crippen molar-refractivity contribution in [3.63, 3.8) is 0 Å². The smallest absolute Gasteiger partial charge is 0.0491 e. The molecule has 0 fully saturated rings. The average Bonchev–Trinajstić information content (AvgIpc) is 1.66. The van der Waals surface area contributed by atoms with E-state index >= 15 is 0 Å². The maximum Gasteiger partial charge on any atom is 0.0491 e. The van der Waals surface area contributed by atoms with Crippen LogP contribution in [-0.2, 0) is 32.7 Å². The fourth-order valence-electron chi connectivity index (χ4n) is 11.7. The Morgan fingerprint density at radius 2 is 0.181 bits per heavy atom. The highest BCUT2D eigenvalue weighted by Crippen LogP contribution is 2.33. The summed E-state index contributed by atoms with van der Waals surface area (Å²) in [6.45, 7) is 85.8. The van der Waals surface area contributed by atoms with Crippen LogP contribution in [0.5, 0.6) is 0 Å². The lowest BCUT2D eigenvalue weighted by atomic mass is 10.2. The van der Waals surface area contributed by atoms with Crippen molar-refractivity contribution in [1.82, 2.24) is 22.8 Å². The molecule has 116 heavy (non-hydrogen) atoms. The Morgan fingerprint density at radius 3 is 0.241 bits per heavy atom. The lowest BCUT2D eigenvalue weighted by Gasteiger charge is -2.01. The topological polar surface area (TPSA) is 24.6 Å². The Hall–Kier alpha value is -8.80. The molecule has 0 aliphatic carbocycles. The lowest BCUT2D eigenvalue weighted by molar-refractivity contribution is 0.827. The van der Waals surface area contributed by atoms with Gasteiger partial charge in [0.2, 0.25) is 0 Å². The van der Waals surface area contributed by atoms with Crippen molar-refractivity contribution < 1.29 is 0 Å². The first-order chi connectivity index (χ1) is 57.0. The fourth-order valence-corrected chi connectivity index (χ4v) is 11.7. The van der Waals surface area contributed by atoms with E-state index in [4.69, 9.17) is 0 Å². The molecular weight excluding hydrogens is 1400 g/mol. The molecule has 15 rings (SSSR count). The van der Waals surface area contributed by atoms with Crippen LogP contribution in [0.2, 0.25) is 0 Å². The van der Waals surface area contributed by atoms with Gasteiger partial charge in [0.1, 0.15) is 0 Å². The molecule has 5 heterocycles. The Bertz CT molecular complexity index is 3610. The Labute approximate surface area is 717 Å². The van der Waals surface area contributed by atoms with Gasteiger partial charge in [-0.25, -0.2) is 0 Å². The summed E-state index contributed by atoms with van der Waals surface area (Å²) in [5.41, 5.74) is 13.3. The van der Waals surface area contributed by atoms with Crippen LogP contribution in [0.4, 0.5) is 0 Å². The van der Waals surface area contributed by atoms with E-state index in [1.165, 1.54) is 154 Å². The summed E-state index contributed by atoms with van der Waals surface area (Å²) in [4.78, 5) is 0. The van der Waals surface area contributed by atoms with Gasteiger partial charge in [-0.15, -0.1) is 0 Å². The molecule has 0 N–H and O–H groups in total. The number of rotatable bonds is 5. The van der Waals surface area contributed by atoms with Crippen molar-refractivity contribution in [3.8, 4) is 0 Å². The molecule has 5 nitrogen and oxygen atoms in total. The average molecular weight is 1590 g/mol. The minimum Gasteiger partial charge on any atom is -0.341 e. The van der Waals surface area contributed by atoms with Gasteiger partial charge in [-0.1, -0.05) is 462 Å². The zero-order chi connectivity index (χ0) is 90.2. The van der Waals surface area contributed by atoms with Crippen LogP contribution in [0.3, 0.4) is 0 Å². The molecule has 0 saturated carbocycles. The molecule has 0 aliphatic heterocycles. The number of hydrogen-bond acceptors (Lipinski definition) is 0. The third-order valence-corrected chi connectivity index (χ3v) is 15.0. The molecule has 0 radical (unpaired) electrons. The van der Waals surface area contributed by atoms with Gasteiger partial charge in [0.25, 0.3) is 0 Å². The van der Waals surface area contributed by atoms with E-state index in [0.29, 0.717) is 0 Å². The second-order valence-corrected chi connectivity index (χ2v) is 23.8. The predicted molar refractivity (Wildman–Crippen MR) is 551 cm³/mol. The first-order valence-corrected chi connectivity index (χ1v) is 46.8. The molecular formula is C111H181N5. The molecule has 0 amide bonds. The van der Waals surface area contributed by atoms with Crippen molar-refractivity contribution in [2.75, 3.05) is 0 Å². The summed E-state index contributed by atoms with van der Waals surface area (Å²) in [6.07, 6.45) is 8.75. The minimum atomic E-state index is 1.02. The molecule has 5 heteroatoms. The van der Waals surface area contributed by atoms with Crippen molar-refractivity contribution >= 4 is 109 Å². The van der Waals surface area contributed by atoms with Crippen molar-refractivity contribution in [1.29, 1.82) is 0 Å². The number of benzene rings is 10. The van der Waals surface area contributed by atoms with E-state index < -0.39 is 0 Å². The fraction of sp³-hybridized carbons (Fsp3) is 0.459. The summed E-state index contributed by atoms with van der Waals surface area (Å²) < 4.78 is 11.8. The van der Waals surface area contributed by atoms with Gasteiger partial charge >= 0.3 is 0 Å². The highest BCUT2D eigenvalue weighted by atomic mass is 15.0. The van der Waals surface area contributed by atoms with Gasteiger partial charge in [0, 0.05) is 142 Å². The molecule has 0 spiro atoms. The Kier molecular flexibility index (Phi) is 87.3. The SMILES string of the molecule is CC.CC.CC.CC.CC.CC.CC.CC.CC.CC.CCC.CCC.CCC.CCC.CCC.CCC.CCC.CCn1c2ccccc2c2ccccc21.CCn1c2ccccc2c2ccccc21.CCn1c2ccccc2c2ccccc21.CCn1c2ccccc2c2ccccc21.CCn1c2ccccc2c2ccccc21. The first-order valence-electron chi connectivity index (χ1n) is 46.8. The second-order valence-electron chi connectivity index (χ2n) is 23.8. The Morgan fingerprint density at radius 1 is 0.121 bits per heavy atom. The maximum absolute atomic E-state index is 2.37. The van der Waals surface area contributed by atoms with Crippen LogP contribution in [0.1, 0.15) is 315 Å². The van der Waals surface area contributed by atoms with Crippen molar-refractivity contribution in [2.45, 2.75) is 348 Å². The summed E-state index contributed by atoms with van der Waals surface area (Å²) >= 11 is 0. The lowest BCUT2D eigenvalue weighted by Crippen LogP contribution is -1.91. The van der Waals surface area contributed by atoms with Gasteiger partial charge < -0.3 is 22.8 Å². The highest BCUT2D eigenvalue weighted by Gasteiger charge is 2.12. The van der Waals surface area contributed by atoms with E-state index in [2.05, 4.69) is 397 Å². The number of nitrogens with zero attached hydrogens (tertiary/aromatic N) is 5. The molecule has 0 atom stereocenters. The second kappa shape index (κ2) is 84.1. The maximum atomic E-state index is 2.37. The van der Waals surface area contributed by atoms with Crippen LogP contribution in [0, 0.1) is 0 Å². The van der Waals surface area contributed by atoms with E-state index in [9.17, 15) is 0 Å². The number of aromatic nitrogens is 5. The monoisotopic (exact) mass is 1580 g/mol. The normalized spacial score (nSPS) is 8.89. The standard InChI is InChI=1S/5C14H13N.7C3H8.10C2H6/c5*1-2-15-13-9-5-3-7-11(13)12-8-4-6-10-14(12)15;7*1-3-2;10*1-2/h5*3-10H,2H2,1H3;7*3H2,1-2H3;10*1-2H3. The van der Waals surface area contributed by atoms with Gasteiger partial charge in [-0.05, 0) is 95.3 Å². The third kappa shape index (κ3) is 39.0. The predicted octanol–water partition coefficient (Wildman–Crippen LogP) is 39.2. The van der Waals surface area contributed by atoms with Crippen molar-refractivity contribution in [2.24, 2.45) is 0 Å². The van der Waals surface area contributed by atoms with Crippen LogP contribution in [-0.4, -0.2) is 22.8 Å². The van der Waals surface area contributed by atoms with Gasteiger partial charge in [-0.2, -0.15) is 0 Å². The number of aryl methyl sites for hydroxylation is 5. The van der Waals surface area contributed by atoms with E-state index in [0.717, 1.165) is 32.7 Å². The zero-order valence-corrected chi connectivity index (χ0v) is 82.8. The first kappa shape index (κ1) is 120. The number of para-hydroxylation sites is 10. The quantitative estimate of drug-likeness (QED) is 0.164. The van der Waals surface area contributed by atoms with Crippen LogP contribution >= 0.6 is 0 Å². The van der Waals surface area contributed by atoms with Crippen molar-refractivity contribution in [3.05, 3.63) is 243 Å². The molecule has 0 aliphatic rings. The zero-order valence-electron chi connectivity index (χ0n) is 82.8. The van der Waals surface area contributed by atoms with Gasteiger partial charge in [0.05, 0.1) is 0 Å². The third-order valence-electron chi connectivity index (χ3n) is 15.0. The molecule has 650 valence electrons. The molecule has 0 saturated heterocycles. The molecule has 5 aromatic heterocycles. The molecule has 0 bridgehead atoms. The summed E-state index contributed by atoms with van der Waals surface area (Å²) in [5, 5.41) is 13.6. The molecule has 15 aromatic rings. The van der Waals surface area contributed by atoms with E-state index in [1.807, 2.05) is 138 Å². The van der Waals surface area contributed by atoms with Crippen LogP contribution < -0.4 is 0 Å². The Balaban J connectivity index is -0.000000230. The van der Waals surface area contributed by atoms with Crippen LogP contribution in [0.25, 0.3) is 109 Å². The summed E-state index contributed by atoms with van der Waals surface area (Å²) in [6, 6.07) is 86.0. The van der Waals surface area contributed by atoms with Gasteiger partial charge in [0.15, 0.2) is 0 Å². The largest absolute Gasteiger partial charge is 0.341 e.